The van der Waals surface area contributed by atoms with Crippen LogP contribution in [0.3, 0.4) is 0 Å². The summed E-state index contributed by atoms with van der Waals surface area (Å²) in [5.41, 5.74) is 0. The van der Waals surface area contributed by atoms with E-state index in [0.29, 0.717) is 0 Å². The molecule has 4 heteroatoms. The van der Waals surface area contributed by atoms with E-state index in [0.717, 1.165) is 18.7 Å². The van der Waals surface area contributed by atoms with Crippen LogP contribution in [0.1, 0.15) is 77.6 Å². The van der Waals surface area contributed by atoms with E-state index < -0.39 is 7.60 Å². The van der Waals surface area contributed by atoms with Gasteiger partial charge in [0.1, 0.15) is 0 Å². The lowest BCUT2D eigenvalue weighted by molar-refractivity contribution is 0.386. The maximum atomic E-state index is 10.5. The summed E-state index contributed by atoms with van der Waals surface area (Å²) in [6.45, 7) is 2.24. The van der Waals surface area contributed by atoms with Crippen molar-refractivity contribution < 1.29 is 14.4 Å². The molecule has 0 aliphatic carbocycles. The van der Waals surface area contributed by atoms with E-state index in [1.165, 1.54) is 57.8 Å². The van der Waals surface area contributed by atoms with Crippen LogP contribution in [0.4, 0.5) is 0 Å². The summed E-state index contributed by atoms with van der Waals surface area (Å²) in [5.74, 6) is 1.01. The predicted octanol–water partition coefficient (Wildman–Crippen LogP) is 4.99. The van der Waals surface area contributed by atoms with Crippen molar-refractivity contribution in [3.63, 3.8) is 0 Å². The van der Waals surface area contributed by atoms with Gasteiger partial charge in [-0.1, -0.05) is 70.8 Å². The quantitative estimate of drug-likeness (QED) is 0.390. The molecule has 0 fully saturated rings. The first-order valence-corrected chi connectivity index (χ1v) is 8.97. The number of hydrogen-bond acceptors (Lipinski definition) is 1. The van der Waals surface area contributed by atoms with Crippen molar-refractivity contribution in [2.24, 2.45) is 0 Å². The maximum Gasteiger partial charge on any atom is 0.348 e. The summed E-state index contributed by atoms with van der Waals surface area (Å²) < 4.78 is 10.5. The normalized spacial score (nSPS) is 12.4. The summed E-state index contributed by atoms with van der Waals surface area (Å²) in [6, 6.07) is 0. The molecule has 0 rings (SSSR count). The van der Waals surface area contributed by atoms with Crippen molar-refractivity contribution in [2.75, 3.05) is 0 Å². The molecule has 3 nitrogen and oxygen atoms in total. The van der Waals surface area contributed by atoms with Gasteiger partial charge in [0, 0.05) is 5.82 Å². The third-order valence-corrected chi connectivity index (χ3v) is 3.62. The highest BCUT2D eigenvalue weighted by Crippen LogP contribution is 2.36. The van der Waals surface area contributed by atoms with Crippen LogP contribution in [0.5, 0.6) is 0 Å². The number of hydrogen-bond donors (Lipinski definition) is 2. The minimum Gasteiger partial charge on any atom is -0.321 e. The van der Waals surface area contributed by atoms with Gasteiger partial charge in [-0.05, 0) is 12.8 Å². The maximum absolute atomic E-state index is 10.5. The van der Waals surface area contributed by atoms with Crippen molar-refractivity contribution in [3.05, 3.63) is 11.9 Å². The van der Waals surface area contributed by atoms with Crippen molar-refractivity contribution in [2.45, 2.75) is 77.6 Å². The largest absolute Gasteiger partial charge is 0.348 e. The Labute approximate surface area is 112 Å². The molecule has 18 heavy (non-hydrogen) atoms. The van der Waals surface area contributed by atoms with Gasteiger partial charge in [-0.3, -0.25) is 4.57 Å². The van der Waals surface area contributed by atoms with Gasteiger partial charge in [0.2, 0.25) is 0 Å². The molecule has 2 N–H and O–H groups in total. The third-order valence-electron chi connectivity index (χ3n) is 3.02. The molecule has 0 bridgehead atoms. The highest BCUT2D eigenvalue weighted by molar-refractivity contribution is 7.55. The Morgan fingerprint density at radius 3 is 1.72 bits per heavy atom. The number of allylic oxidation sites excluding steroid dienone is 1. The van der Waals surface area contributed by atoms with Crippen molar-refractivity contribution in [1.82, 2.24) is 0 Å². The summed E-state index contributed by atoms with van der Waals surface area (Å²) in [6.07, 6.45) is 15.3. The van der Waals surface area contributed by atoms with E-state index in [4.69, 9.17) is 9.79 Å². The molecule has 0 amide bonds. The van der Waals surface area contributed by atoms with Crippen LogP contribution in [-0.2, 0) is 4.57 Å². The van der Waals surface area contributed by atoms with E-state index in [-0.39, 0.29) is 0 Å². The Morgan fingerprint density at radius 2 is 1.28 bits per heavy atom. The molecule has 0 spiro atoms. The fourth-order valence-corrected chi connectivity index (χ4v) is 2.39. The number of unbranched alkanes of at least 4 members (excludes halogenated alkanes) is 10. The van der Waals surface area contributed by atoms with Crippen LogP contribution in [0, 0.1) is 0 Å². The minimum atomic E-state index is -3.93. The van der Waals surface area contributed by atoms with Gasteiger partial charge in [0.05, 0.1) is 0 Å². The van der Waals surface area contributed by atoms with Gasteiger partial charge in [-0.15, -0.1) is 0 Å². The monoisotopic (exact) mass is 276 g/mol. The Bertz CT molecular complexity index is 245. The molecule has 0 radical (unpaired) electrons. The van der Waals surface area contributed by atoms with Crippen LogP contribution < -0.4 is 0 Å². The van der Waals surface area contributed by atoms with Gasteiger partial charge >= 0.3 is 7.60 Å². The molecular weight excluding hydrogens is 247 g/mol. The summed E-state index contributed by atoms with van der Waals surface area (Å²) in [4.78, 5) is 17.2. The zero-order valence-electron chi connectivity index (χ0n) is 11.7. The standard InChI is InChI=1S/C14H29O3P/c1-2-3-4-5-6-7-8-9-10-11-12-13-14-18(15,16)17/h13-14H,2-12H2,1H3,(H2,15,16,17). The van der Waals surface area contributed by atoms with Crippen molar-refractivity contribution in [1.29, 1.82) is 0 Å². The molecule has 0 saturated heterocycles. The van der Waals surface area contributed by atoms with Crippen LogP contribution in [0.25, 0.3) is 0 Å². The predicted molar refractivity (Wildman–Crippen MR) is 77.6 cm³/mol. The third kappa shape index (κ3) is 15.9. The Hall–Kier alpha value is -0.110. The molecule has 0 aromatic heterocycles. The topological polar surface area (TPSA) is 57.5 Å². The van der Waals surface area contributed by atoms with Gasteiger partial charge in [0.25, 0.3) is 0 Å². The number of rotatable bonds is 12. The zero-order valence-corrected chi connectivity index (χ0v) is 12.6. The lowest BCUT2D eigenvalue weighted by Crippen LogP contribution is -1.81. The van der Waals surface area contributed by atoms with Crippen LogP contribution in [0.15, 0.2) is 11.9 Å². The van der Waals surface area contributed by atoms with Gasteiger partial charge < -0.3 is 9.79 Å². The lowest BCUT2D eigenvalue weighted by atomic mass is 10.1. The highest BCUT2D eigenvalue weighted by Gasteiger charge is 2.03. The Kier molecular flexibility index (Phi) is 11.9. The zero-order chi connectivity index (χ0) is 13.7. The Balaban J connectivity index is 3.12. The molecule has 0 aliphatic heterocycles. The molecule has 108 valence electrons. The van der Waals surface area contributed by atoms with Gasteiger partial charge in [-0.2, -0.15) is 0 Å². The average molecular weight is 276 g/mol. The summed E-state index contributed by atoms with van der Waals surface area (Å²) >= 11 is 0. The van der Waals surface area contributed by atoms with Crippen LogP contribution in [-0.4, -0.2) is 9.79 Å². The molecule has 0 unspecified atom stereocenters. The molecule has 0 aromatic carbocycles. The summed E-state index contributed by atoms with van der Waals surface area (Å²) in [5, 5.41) is 0. The molecule has 0 saturated carbocycles. The fourth-order valence-electron chi connectivity index (χ4n) is 1.96. The van der Waals surface area contributed by atoms with Crippen LogP contribution >= 0.6 is 7.60 Å². The fraction of sp³-hybridized carbons (Fsp3) is 0.857. The smallest absolute Gasteiger partial charge is 0.321 e. The first-order valence-electron chi connectivity index (χ1n) is 7.29. The summed E-state index contributed by atoms with van der Waals surface area (Å²) in [7, 11) is -3.93. The van der Waals surface area contributed by atoms with E-state index in [9.17, 15) is 4.57 Å². The van der Waals surface area contributed by atoms with Gasteiger partial charge in [-0.25, -0.2) is 0 Å². The lowest BCUT2D eigenvalue weighted by Gasteiger charge is -2.01. The first-order chi connectivity index (χ1) is 8.56. The second-order valence-corrected chi connectivity index (χ2v) is 6.42. The molecule has 0 atom stereocenters. The second kappa shape index (κ2) is 12.0. The minimum absolute atomic E-state index is 0.779. The first kappa shape index (κ1) is 17.9. The van der Waals surface area contributed by atoms with E-state index in [1.54, 1.807) is 6.08 Å². The average Bonchev–Trinajstić information content (AvgIpc) is 2.29. The van der Waals surface area contributed by atoms with E-state index in [2.05, 4.69) is 6.92 Å². The van der Waals surface area contributed by atoms with Crippen molar-refractivity contribution in [3.8, 4) is 0 Å². The SMILES string of the molecule is CCCCCCCCCCCCC=CP(=O)(O)O. The van der Waals surface area contributed by atoms with E-state index >= 15 is 0 Å². The van der Waals surface area contributed by atoms with Gasteiger partial charge in [0.15, 0.2) is 0 Å². The molecular formula is C14H29O3P. The molecule has 0 heterocycles. The second-order valence-electron chi connectivity index (χ2n) is 4.94. The van der Waals surface area contributed by atoms with Crippen LogP contribution in [0.2, 0.25) is 0 Å². The molecule has 0 aromatic rings. The molecule has 0 aliphatic rings. The van der Waals surface area contributed by atoms with Crippen molar-refractivity contribution >= 4 is 7.60 Å². The highest BCUT2D eigenvalue weighted by atomic mass is 31.2. The van der Waals surface area contributed by atoms with E-state index in [1.807, 2.05) is 0 Å². The Morgan fingerprint density at radius 1 is 0.833 bits per heavy atom.